The molecule has 5 heteroatoms. The molecule has 0 aliphatic carbocycles. The van der Waals surface area contributed by atoms with Crippen molar-refractivity contribution < 1.29 is 14.3 Å². The summed E-state index contributed by atoms with van der Waals surface area (Å²) < 4.78 is 11.2. The summed E-state index contributed by atoms with van der Waals surface area (Å²) in [7, 11) is 1.70. The van der Waals surface area contributed by atoms with E-state index in [1.807, 2.05) is 36.4 Å². The molecule has 0 fully saturated rings. The first-order chi connectivity index (χ1) is 12.2. The minimum absolute atomic E-state index is 0.00655. The van der Waals surface area contributed by atoms with Gasteiger partial charge >= 0.3 is 0 Å². The zero-order valence-electron chi connectivity index (χ0n) is 14.7. The second kappa shape index (κ2) is 8.03. The maximum Gasteiger partial charge on any atom is 0.251 e. The van der Waals surface area contributed by atoms with Crippen molar-refractivity contribution in [1.29, 1.82) is 0 Å². The molecule has 2 aromatic rings. The van der Waals surface area contributed by atoms with E-state index in [1.54, 1.807) is 7.11 Å². The number of hydrogen-bond acceptors (Lipinski definition) is 4. The number of hydrogen-bond donors (Lipinski definition) is 2. The van der Waals surface area contributed by atoms with Crippen LogP contribution in [0.4, 0.5) is 0 Å². The van der Waals surface area contributed by atoms with Crippen molar-refractivity contribution in [3.63, 3.8) is 0 Å². The molecule has 25 heavy (non-hydrogen) atoms. The van der Waals surface area contributed by atoms with E-state index in [2.05, 4.69) is 23.6 Å². The second-order valence-corrected chi connectivity index (χ2v) is 6.23. The first-order valence-electron chi connectivity index (χ1n) is 8.56. The van der Waals surface area contributed by atoms with Crippen LogP contribution in [0.25, 0.3) is 0 Å². The van der Waals surface area contributed by atoms with Crippen LogP contribution in [0.15, 0.2) is 42.5 Å². The van der Waals surface area contributed by atoms with E-state index in [0.29, 0.717) is 13.2 Å². The van der Waals surface area contributed by atoms with E-state index >= 15 is 0 Å². The summed E-state index contributed by atoms with van der Waals surface area (Å²) in [5, 5.41) is 6.28. The Morgan fingerprint density at radius 1 is 1.24 bits per heavy atom. The summed E-state index contributed by atoms with van der Waals surface area (Å²) in [6.45, 7) is 4.11. The van der Waals surface area contributed by atoms with Gasteiger partial charge in [-0.2, -0.15) is 0 Å². The molecule has 1 atom stereocenters. The summed E-state index contributed by atoms with van der Waals surface area (Å²) in [5.74, 6) is 1.72. The third-order valence-electron chi connectivity index (χ3n) is 4.34. The minimum Gasteiger partial charge on any atom is -0.496 e. The van der Waals surface area contributed by atoms with E-state index < -0.39 is 0 Å². The Kier molecular flexibility index (Phi) is 5.56. The molecular formula is C20H24N2O3. The molecule has 0 aromatic heterocycles. The highest BCUT2D eigenvalue weighted by Crippen LogP contribution is 2.22. The standard InChI is InChI=1S/C20H24N2O3/c1-14(21-10-9-15-5-3-4-6-19(15)24-2)13-25-17-7-8-18-16(11-17)12-22-20(18)23/h3-8,11,14,21H,9-10,12-13H2,1-2H3,(H,22,23). The van der Waals surface area contributed by atoms with Crippen molar-refractivity contribution in [1.82, 2.24) is 10.6 Å². The molecule has 1 amide bonds. The lowest BCUT2D eigenvalue weighted by atomic mass is 10.1. The fourth-order valence-electron chi connectivity index (χ4n) is 2.94. The molecule has 5 nitrogen and oxygen atoms in total. The van der Waals surface area contributed by atoms with Crippen molar-refractivity contribution in [2.24, 2.45) is 0 Å². The van der Waals surface area contributed by atoms with E-state index in [0.717, 1.165) is 35.6 Å². The van der Waals surface area contributed by atoms with Crippen LogP contribution < -0.4 is 20.1 Å². The van der Waals surface area contributed by atoms with Gasteiger partial charge in [0.25, 0.3) is 5.91 Å². The van der Waals surface area contributed by atoms with Gasteiger partial charge in [0.15, 0.2) is 0 Å². The fourth-order valence-corrected chi connectivity index (χ4v) is 2.94. The zero-order valence-corrected chi connectivity index (χ0v) is 14.7. The van der Waals surface area contributed by atoms with Crippen LogP contribution in [0.2, 0.25) is 0 Å². The summed E-state index contributed by atoms with van der Waals surface area (Å²) in [4.78, 5) is 11.6. The van der Waals surface area contributed by atoms with Gasteiger partial charge in [-0.25, -0.2) is 0 Å². The quantitative estimate of drug-likeness (QED) is 0.775. The van der Waals surface area contributed by atoms with Crippen LogP contribution in [0.1, 0.15) is 28.4 Å². The van der Waals surface area contributed by atoms with E-state index in [9.17, 15) is 4.79 Å². The number of ether oxygens (including phenoxy) is 2. The number of rotatable bonds is 8. The van der Waals surface area contributed by atoms with Gasteiger partial charge in [0.05, 0.1) is 7.11 Å². The van der Waals surface area contributed by atoms with Gasteiger partial charge in [0.1, 0.15) is 18.1 Å². The first-order valence-corrected chi connectivity index (χ1v) is 8.56. The van der Waals surface area contributed by atoms with Gasteiger partial charge in [-0.15, -0.1) is 0 Å². The fraction of sp³-hybridized carbons (Fsp3) is 0.350. The van der Waals surface area contributed by atoms with Crippen LogP contribution in [-0.2, 0) is 13.0 Å². The molecule has 1 aliphatic heterocycles. The number of carbonyl (C=O) groups excluding carboxylic acids is 1. The molecule has 2 N–H and O–H groups in total. The van der Waals surface area contributed by atoms with Gasteiger partial charge < -0.3 is 20.1 Å². The smallest absolute Gasteiger partial charge is 0.251 e. The Labute approximate surface area is 148 Å². The van der Waals surface area contributed by atoms with Gasteiger partial charge in [0.2, 0.25) is 0 Å². The minimum atomic E-state index is -0.00655. The molecule has 2 aromatic carbocycles. The summed E-state index contributed by atoms with van der Waals surface area (Å²) in [5.41, 5.74) is 2.94. The first kappa shape index (κ1) is 17.3. The molecule has 132 valence electrons. The monoisotopic (exact) mass is 340 g/mol. The maximum atomic E-state index is 11.6. The number of fused-ring (bicyclic) bond motifs is 1. The number of para-hydroxylation sites is 1. The van der Waals surface area contributed by atoms with E-state index in [1.165, 1.54) is 5.56 Å². The topological polar surface area (TPSA) is 59.6 Å². The third-order valence-corrected chi connectivity index (χ3v) is 4.34. The third kappa shape index (κ3) is 4.31. The molecule has 0 saturated carbocycles. The average Bonchev–Trinajstić information content (AvgIpc) is 3.01. The highest BCUT2D eigenvalue weighted by atomic mass is 16.5. The van der Waals surface area contributed by atoms with Crippen molar-refractivity contribution in [3.8, 4) is 11.5 Å². The zero-order chi connectivity index (χ0) is 17.6. The van der Waals surface area contributed by atoms with E-state index in [4.69, 9.17) is 9.47 Å². The molecule has 0 bridgehead atoms. The molecular weight excluding hydrogens is 316 g/mol. The van der Waals surface area contributed by atoms with E-state index in [-0.39, 0.29) is 11.9 Å². The average molecular weight is 340 g/mol. The van der Waals surface area contributed by atoms with Crippen LogP contribution in [0.3, 0.4) is 0 Å². The maximum absolute atomic E-state index is 11.6. The summed E-state index contributed by atoms with van der Waals surface area (Å²) in [6, 6.07) is 13.9. The molecule has 0 saturated heterocycles. The molecule has 1 unspecified atom stereocenters. The van der Waals surface area contributed by atoms with Gasteiger partial charge in [0, 0.05) is 18.2 Å². The largest absolute Gasteiger partial charge is 0.496 e. The number of benzene rings is 2. The van der Waals surface area contributed by atoms with Gasteiger partial charge in [-0.3, -0.25) is 4.79 Å². The Balaban J connectivity index is 1.44. The van der Waals surface area contributed by atoms with Crippen molar-refractivity contribution in [3.05, 3.63) is 59.2 Å². The molecule has 1 heterocycles. The lowest BCUT2D eigenvalue weighted by Crippen LogP contribution is -2.33. The van der Waals surface area contributed by atoms with Crippen molar-refractivity contribution in [2.45, 2.75) is 25.9 Å². The second-order valence-electron chi connectivity index (χ2n) is 6.23. The number of amides is 1. The Bertz CT molecular complexity index is 745. The summed E-state index contributed by atoms with van der Waals surface area (Å²) >= 11 is 0. The molecule has 0 radical (unpaired) electrons. The predicted octanol–water partition coefficient (Wildman–Crippen LogP) is 2.54. The lowest BCUT2D eigenvalue weighted by molar-refractivity contribution is 0.0966. The van der Waals surface area contributed by atoms with Gasteiger partial charge in [-0.05, 0) is 55.3 Å². The van der Waals surface area contributed by atoms with Gasteiger partial charge in [-0.1, -0.05) is 18.2 Å². The molecule has 3 rings (SSSR count). The predicted molar refractivity (Wildman–Crippen MR) is 97.3 cm³/mol. The Morgan fingerprint density at radius 2 is 2.08 bits per heavy atom. The molecule has 1 aliphatic rings. The molecule has 0 spiro atoms. The van der Waals surface area contributed by atoms with Crippen molar-refractivity contribution >= 4 is 5.91 Å². The van der Waals surface area contributed by atoms with Crippen LogP contribution in [0, 0.1) is 0 Å². The lowest BCUT2D eigenvalue weighted by Gasteiger charge is -2.16. The number of nitrogens with one attached hydrogen (secondary N) is 2. The number of carbonyl (C=O) groups is 1. The SMILES string of the molecule is COc1ccccc1CCNC(C)COc1ccc2c(c1)CNC2=O. The Hall–Kier alpha value is -2.53. The van der Waals surface area contributed by atoms with Crippen LogP contribution in [-0.4, -0.2) is 32.2 Å². The normalized spacial score (nSPS) is 13.9. The summed E-state index contributed by atoms with van der Waals surface area (Å²) in [6.07, 6.45) is 0.904. The van der Waals surface area contributed by atoms with Crippen LogP contribution >= 0.6 is 0 Å². The Morgan fingerprint density at radius 3 is 2.92 bits per heavy atom. The van der Waals surface area contributed by atoms with Crippen molar-refractivity contribution in [2.75, 3.05) is 20.3 Å². The highest BCUT2D eigenvalue weighted by Gasteiger charge is 2.18. The van der Waals surface area contributed by atoms with Crippen LogP contribution in [0.5, 0.6) is 11.5 Å². The number of methoxy groups -OCH3 is 1. The highest BCUT2D eigenvalue weighted by molar-refractivity contribution is 5.98.